The second-order valence-electron chi connectivity index (χ2n) is 2.88. The Labute approximate surface area is 102 Å². The summed E-state index contributed by atoms with van der Waals surface area (Å²) < 4.78 is 1.65. The molecule has 0 aromatic carbocycles. The largest absolute Gasteiger partial charge is 0.311 e. The molecule has 0 bridgehead atoms. The Morgan fingerprint density at radius 2 is 2.33 bits per heavy atom. The number of aromatic nitrogens is 2. The maximum Gasteiger partial charge on any atom is 0.165 e. The molecule has 0 aliphatic heterocycles. The number of thiol groups is 1. The van der Waals surface area contributed by atoms with Crippen LogP contribution in [0, 0.1) is 0 Å². The molecule has 2 rings (SSSR count). The van der Waals surface area contributed by atoms with Crippen LogP contribution in [0.3, 0.4) is 0 Å². The van der Waals surface area contributed by atoms with E-state index in [0.717, 1.165) is 15.6 Å². The molecule has 6 heteroatoms. The number of rotatable bonds is 2. The number of halogens is 1. The van der Waals surface area contributed by atoms with E-state index in [9.17, 15) is 0 Å². The van der Waals surface area contributed by atoms with E-state index in [1.165, 1.54) is 11.3 Å². The van der Waals surface area contributed by atoms with Gasteiger partial charge < -0.3 is 4.31 Å². The summed E-state index contributed by atoms with van der Waals surface area (Å²) in [5.41, 5.74) is 0.964. The molecule has 0 aliphatic carbocycles. The molecule has 0 spiro atoms. The Morgan fingerprint density at radius 3 is 2.87 bits per heavy atom. The summed E-state index contributed by atoms with van der Waals surface area (Å²) in [4.78, 5) is 8.29. The van der Waals surface area contributed by atoms with Crippen LogP contribution in [-0.2, 0) is 0 Å². The number of hydrogen-bond acceptors (Lipinski definition) is 5. The fourth-order valence-electron chi connectivity index (χ4n) is 1.11. The zero-order valence-electron chi connectivity index (χ0n) is 7.88. The van der Waals surface area contributed by atoms with Gasteiger partial charge in [-0.15, -0.1) is 0 Å². The van der Waals surface area contributed by atoms with Crippen LogP contribution in [-0.4, -0.2) is 17.0 Å². The molecule has 0 amide bonds. The molecule has 0 saturated heterocycles. The minimum absolute atomic E-state index is 0.469. The fourth-order valence-corrected chi connectivity index (χ4v) is 2.58. The van der Waals surface area contributed by atoms with Crippen molar-refractivity contribution in [3.63, 3.8) is 0 Å². The number of nitrogens with zero attached hydrogens (tertiary/aromatic N) is 3. The van der Waals surface area contributed by atoms with E-state index in [2.05, 4.69) is 22.8 Å². The first-order valence-corrected chi connectivity index (χ1v) is 5.77. The highest BCUT2D eigenvalue weighted by Crippen LogP contribution is 2.37. The molecule has 0 radical (unpaired) electrons. The van der Waals surface area contributed by atoms with Crippen LogP contribution in [0.15, 0.2) is 24.5 Å². The van der Waals surface area contributed by atoms with Crippen LogP contribution in [0.2, 0.25) is 5.15 Å². The lowest BCUT2D eigenvalue weighted by Gasteiger charge is -2.05. The monoisotopic (exact) mass is 257 g/mol. The van der Waals surface area contributed by atoms with Gasteiger partial charge in [-0.2, -0.15) is 0 Å². The SMILES string of the molecule is CN(S)c1sc(-c2cccnc2)nc1Cl. The fraction of sp³-hybridized carbons (Fsp3) is 0.111. The highest BCUT2D eigenvalue weighted by Gasteiger charge is 2.12. The van der Waals surface area contributed by atoms with Gasteiger partial charge in [0.1, 0.15) is 10.0 Å². The highest BCUT2D eigenvalue weighted by atomic mass is 35.5. The molecule has 0 fully saturated rings. The number of hydrogen-bond donors (Lipinski definition) is 1. The van der Waals surface area contributed by atoms with E-state index < -0.39 is 0 Å². The van der Waals surface area contributed by atoms with Crippen molar-refractivity contribution in [2.45, 2.75) is 0 Å². The molecule has 2 aromatic heterocycles. The molecule has 0 saturated carbocycles. The Bertz CT molecular complexity index is 456. The molecule has 78 valence electrons. The van der Waals surface area contributed by atoms with Crippen molar-refractivity contribution in [1.82, 2.24) is 9.97 Å². The highest BCUT2D eigenvalue weighted by molar-refractivity contribution is 7.82. The summed E-state index contributed by atoms with van der Waals surface area (Å²) in [6.45, 7) is 0. The lowest BCUT2D eigenvalue weighted by molar-refractivity contribution is 1.31. The maximum absolute atomic E-state index is 5.98. The minimum atomic E-state index is 0.469. The van der Waals surface area contributed by atoms with Gasteiger partial charge in [0.25, 0.3) is 0 Å². The Hall–Kier alpha value is -0.780. The summed E-state index contributed by atoms with van der Waals surface area (Å²) in [7, 11) is 1.82. The molecule has 2 aromatic rings. The molecule has 0 N–H and O–H groups in total. The van der Waals surface area contributed by atoms with Gasteiger partial charge in [-0.3, -0.25) is 4.98 Å². The van der Waals surface area contributed by atoms with Gasteiger partial charge >= 0.3 is 0 Å². The number of anilines is 1. The first-order valence-electron chi connectivity index (χ1n) is 4.18. The third kappa shape index (κ3) is 2.25. The zero-order valence-corrected chi connectivity index (χ0v) is 10.4. The first kappa shape index (κ1) is 10.7. The Balaban J connectivity index is 2.43. The van der Waals surface area contributed by atoms with Crippen molar-refractivity contribution in [3.05, 3.63) is 29.7 Å². The van der Waals surface area contributed by atoms with Crippen LogP contribution in [0.5, 0.6) is 0 Å². The average molecular weight is 258 g/mol. The van der Waals surface area contributed by atoms with Crippen LogP contribution < -0.4 is 4.31 Å². The molecule has 0 unspecified atom stereocenters. The summed E-state index contributed by atoms with van der Waals surface area (Å²) in [6, 6.07) is 3.82. The zero-order chi connectivity index (χ0) is 10.8. The van der Waals surface area contributed by atoms with Crippen molar-refractivity contribution in [1.29, 1.82) is 0 Å². The normalized spacial score (nSPS) is 10.3. The molecule has 2 heterocycles. The lowest BCUT2D eigenvalue weighted by atomic mass is 10.3. The smallest absolute Gasteiger partial charge is 0.165 e. The molecule has 15 heavy (non-hydrogen) atoms. The van der Waals surface area contributed by atoms with Crippen LogP contribution >= 0.6 is 35.8 Å². The van der Waals surface area contributed by atoms with Gasteiger partial charge in [0, 0.05) is 25.0 Å². The van der Waals surface area contributed by atoms with Gasteiger partial charge in [0.05, 0.1) is 0 Å². The van der Waals surface area contributed by atoms with Crippen LogP contribution in [0.1, 0.15) is 0 Å². The number of thiazole rings is 1. The number of pyridine rings is 1. The van der Waals surface area contributed by atoms with E-state index in [0.29, 0.717) is 5.15 Å². The van der Waals surface area contributed by atoms with E-state index in [1.807, 2.05) is 19.2 Å². The third-order valence-electron chi connectivity index (χ3n) is 1.77. The third-order valence-corrected chi connectivity index (χ3v) is 3.66. The standard InChI is InChI=1S/C9H8ClN3S2/c1-13(14)9-7(10)12-8(15-9)6-3-2-4-11-5-6/h2-5,14H,1H3. The van der Waals surface area contributed by atoms with Crippen molar-refractivity contribution in [2.75, 3.05) is 11.4 Å². The topological polar surface area (TPSA) is 29.0 Å². The molecular formula is C9H8ClN3S2. The van der Waals surface area contributed by atoms with E-state index in [4.69, 9.17) is 11.6 Å². The van der Waals surface area contributed by atoms with E-state index in [1.54, 1.807) is 16.7 Å². The van der Waals surface area contributed by atoms with Crippen molar-refractivity contribution in [3.8, 4) is 10.6 Å². The molecule has 0 atom stereocenters. The van der Waals surface area contributed by atoms with Crippen molar-refractivity contribution in [2.24, 2.45) is 0 Å². The van der Waals surface area contributed by atoms with Gasteiger partial charge in [-0.05, 0) is 12.1 Å². The van der Waals surface area contributed by atoms with Gasteiger partial charge in [-0.25, -0.2) is 4.98 Å². The lowest BCUT2D eigenvalue weighted by Crippen LogP contribution is -1.97. The van der Waals surface area contributed by atoms with Crippen molar-refractivity contribution < 1.29 is 0 Å². The second-order valence-corrected chi connectivity index (χ2v) is 4.82. The van der Waals surface area contributed by atoms with Gasteiger partial charge in [-0.1, -0.05) is 35.8 Å². The van der Waals surface area contributed by atoms with Crippen molar-refractivity contribution >= 4 is 40.8 Å². The molecule has 0 aliphatic rings. The van der Waals surface area contributed by atoms with Gasteiger partial charge in [0.15, 0.2) is 5.15 Å². The van der Waals surface area contributed by atoms with E-state index in [-0.39, 0.29) is 0 Å². The first-order chi connectivity index (χ1) is 7.18. The average Bonchev–Trinajstić information content (AvgIpc) is 2.62. The minimum Gasteiger partial charge on any atom is -0.311 e. The predicted molar refractivity (Wildman–Crippen MR) is 67.7 cm³/mol. The maximum atomic E-state index is 5.98. The predicted octanol–water partition coefficient (Wildman–Crippen LogP) is 3.14. The Kier molecular flexibility index (Phi) is 3.14. The quantitative estimate of drug-likeness (QED) is 0.838. The summed E-state index contributed by atoms with van der Waals surface area (Å²) in [6.07, 6.45) is 3.49. The summed E-state index contributed by atoms with van der Waals surface area (Å²) in [5, 5.41) is 2.15. The second kappa shape index (κ2) is 4.38. The van der Waals surface area contributed by atoms with Gasteiger partial charge in [0.2, 0.25) is 0 Å². The Morgan fingerprint density at radius 1 is 1.53 bits per heavy atom. The summed E-state index contributed by atoms with van der Waals surface area (Å²) >= 11 is 11.7. The van der Waals surface area contributed by atoms with E-state index >= 15 is 0 Å². The van der Waals surface area contributed by atoms with Crippen LogP contribution in [0.4, 0.5) is 5.00 Å². The molecule has 3 nitrogen and oxygen atoms in total. The molecular weight excluding hydrogens is 250 g/mol. The summed E-state index contributed by atoms with van der Waals surface area (Å²) in [5.74, 6) is 0. The van der Waals surface area contributed by atoms with Crippen LogP contribution in [0.25, 0.3) is 10.6 Å².